The molecule has 0 aliphatic carbocycles. The lowest BCUT2D eigenvalue weighted by Crippen LogP contribution is -2.45. The Morgan fingerprint density at radius 3 is 1.09 bits per heavy atom. The Hall–Kier alpha value is -2.43. The summed E-state index contributed by atoms with van der Waals surface area (Å²) in [5.41, 5.74) is 0. The molecule has 0 aromatic heterocycles. The van der Waals surface area contributed by atoms with E-state index >= 15 is 0 Å². The van der Waals surface area contributed by atoms with E-state index in [1.54, 1.807) is 6.08 Å². The van der Waals surface area contributed by atoms with E-state index in [4.69, 9.17) is 0 Å². The van der Waals surface area contributed by atoms with Crippen molar-refractivity contribution >= 4 is 5.91 Å². The van der Waals surface area contributed by atoms with E-state index in [0.717, 1.165) is 64.2 Å². The lowest BCUT2D eigenvalue weighted by atomic mass is 10.0. The highest BCUT2D eigenvalue weighted by Gasteiger charge is 2.18. The van der Waals surface area contributed by atoms with Crippen molar-refractivity contribution in [3.63, 3.8) is 0 Å². The number of allylic oxidation sites excluding steroid dienone is 13. The third-order valence-electron chi connectivity index (χ3n) is 12.4. The van der Waals surface area contributed by atoms with Crippen molar-refractivity contribution in [2.45, 2.75) is 283 Å². The molecule has 0 saturated heterocycles. The molecule has 0 aromatic rings. The van der Waals surface area contributed by atoms with Crippen molar-refractivity contribution in [2.24, 2.45) is 0 Å². The molecule has 4 heteroatoms. The second-order valence-electron chi connectivity index (χ2n) is 18.6. The Balaban J connectivity index is 3.52. The third kappa shape index (κ3) is 50.6. The Morgan fingerprint density at radius 2 is 0.703 bits per heavy atom. The van der Waals surface area contributed by atoms with Crippen LogP contribution in [0.3, 0.4) is 0 Å². The highest BCUT2D eigenvalue weighted by atomic mass is 16.3. The molecule has 2 atom stereocenters. The fraction of sp³-hybridized carbons (Fsp3) is 0.750. The van der Waals surface area contributed by atoms with E-state index in [9.17, 15) is 15.0 Å². The minimum Gasteiger partial charge on any atom is -0.394 e. The first kappa shape index (κ1) is 61.6. The van der Waals surface area contributed by atoms with Crippen molar-refractivity contribution in [1.29, 1.82) is 0 Å². The zero-order valence-electron chi connectivity index (χ0n) is 42.5. The maximum Gasteiger partial charge on any atom is 0.220 e. The minimum atomic E-state index is -0.865. The first-order chi connectivity index (χ1) is 31.7. The molecule has 0 spiro atoms. The van der Waals surface area contributed by atoms with Crippen molar-refractivity contribution in [3.05, 3.63) is 85.1 Å². The van der Waals surface area contributed by atoms with Gasteiger partial charge in [0.2, 0.25) is 5.91 Å². The van der Waals surface area contributed by atoms with Gasteiger partial charge in [-0.25, -0.2) is 0 Å². The average Bonchev–Trinajstić information content (AvgIpc) is 3.30. The van der Waals surface area contributed by atoms with Gasteiger partial charge in [-0.1, -0.05) is 272 Å². The Bertz CT molecular complexity index is 1150. The van der Waals surface area contributed by atoms with Crippen LogP contribution in [0.5, 0.6) is 0 Å². The second kappa shape index (κ2) is 54.9. The summed E-state index contributed by atoms with van der Waals surface area (Å²) in [5, 5.41) is 23.1. The van der Waals surface area contributed by atoms with Gasteiger partial charge in [0, 0.05) is 6.42 Å². The molecule has 0 radical (unpaired) electrons. The molecular formula is C60H107NO3. The molecule has 64 heavy (non-hydrogen) atoms. The van der Waals surface area contributed by atoms with Crippen LogP contribution in [-0.4, -0.2) is 34.9 Å². The van der Waals surface area contributed by atoms with E-state index < -0.39 is 12.1 Å². The molecule has 0 bridgehead atoms. The van der Waals surface area contributed by atoms with Gasteiger partial charge in [0.1, 0.15) is 0 Å². The van der Waals surface area contributed by atoms with Gasteiger partial charge in [0.25, 0.3) is 0 Å². The SMILES string of the molecule is CC/C=C\C/C=C\C/C=C\C/C=C\C/C=C\CCCCCCCCCCCCCCCCCCCC(=O)NC(CO)C(O)/C=C/CC/C=C/CCCCCCCCCCCCCCC. The maximum atomic E-state index is 12.5. The molecule has 4 nitrogen and oxygen atoms in total. The molecule has 0 saturated carbocycles. The van der Waals surface area contributed by atoms with E-state index in [1.165, 1.54) is 186 Å². The van der Waals surface area contributed by atoms with Crippen molar-refractivity contribution < 1.29 is 15.0 Å². The number of carbonyl (C=O) groups is 1. The molecule has 3 N–H and O–H groups in total. The number of aliphatic hydroxyl groups excluding tert-OH is 2. The summed E-state index contributed by atoms with van der Waals surface area (Å²) in [6.45, 7) is 4.20. The van der Waals surface area contributed by atoms with E-state index in [-0.39, 0.29) is 12.5 Å². The van der Waals surface area contributed by atoms with Crippen molar-refractivity contribution in [1.82, 2.24) is 5.32 Å². The van der Waals surface area contributed by atoms with Crippen LogP contribution in [0.4, 0.5) is 0 Å². The van der Waals surface area contributed by atoms with Gasteiger partial charge in [-0.3, -0.25) is 4.79 Å². The zero-order chi connectivity index (χ0) is 46.3. The largest absolute Gasteiger partial charge is 0.394 e. The third-order valence-corrected chi connectivity index (χ3v) is 12.4. The van der Waals surface area contributed by atoms with Crippen LogP contribution in [0.1, 0.15) is 271 Å². The first-order valence-corrected chi connectivity index (χ1v) is 27.8. The van der Waals surface area contributed by atoms with Gasteiger partial charge in [-0.05, 0) is 77.0 Å². The number of aliphatic hydroxyl groups is 2. The van der Waals surface area contributed by atoms with Gasteiger partial charge < -0.3 is 15.5 Å². The molecule has 0 heterocycles. The Kier molecular flexibility index (Phi) is 52.8. The normalized spacial score (nSPS) is 13.5. The number of nitrogens with one attached hydrogen (secondary N) is 1. The summed E-state index contributed by atoms with van der Waals surface area (Å²) in [7, 11) is 0. The van der Waals surface area contributed by atoms with E-state index in [2.05, 4.69) is 92.1 Å². The highest BCUT2D eigenvalue weighted by molar-refractivity contribution is 5.76. The van der Waals surface area contributed by atoms with E-state index in [1.807, 2.05) is 6.08 Å². The summed E-state index contributed by atoms with van der Waals surface area (Å²) in [6, 6.07) is -0.642. The predicted octanol–water partition coefficient (Wildman–Crippen LogP) is 18.4. The smallest absolute Gasteiger partial charge is 0.220 e. The molecule has 370 valence electrons. The second-order valence-corrected chi connectivity index (χ2v) is 18.6. The number of rotatable bonds is 50. The monoisotopic (exact) mass is 890 g/mol. The van der Waals surface area contributed by atoms with Crippen LogP contribution in [0.25, 0.3) is 0 Å². The van der Waals surface area contributed by atoms with Gasteiger partial charge in [-0.15, -0.1) is 0 Å². The maximum absolute atomic E-state index is 12.5. The number of hydrogen-bond acceptors (Lipinski definition) is 3. The van der Waals surface area contributed by atoms with Gasteiger partial charge in [0.15, 0.2) is 0 Å². The van der Waals surface area contributed by atoms with Gasteiger partial charge in [0.05, 0.1) is 18.8 Å². The minimum absolute atomic E-state index is 0.0735. The molecule has 0 aromatic carbocycles. The summed E-state index contributed by atoms with van der Waals surface area (Å²) in [6.07, 6.45) is 80.3. The molecule has 2 unspecified atom stereocenters. The van der Waals surface area contributed by atoms with E-state index in [0.29, 0.717) is 6.42 Å². The summed E-state index contributed by atoms with van der Waals surface area (Å²) in [4.78, 5) is 12.5. The number of hydrogen-bond donors (Lipinski definition) is 3. The van der Waals surface area contributed by atoms with Crippen LogP contribution in [0.2, 0.25) is 0 Å². The lowest BCUT2D eigenvalue weighted by Gasteiger charge is -2.19. The van der Waals surface area contributed by atoms with Crippen LogP contribution >= 0.6 is 0 Å². The first-order valence-electron chi connectivity index (χ1n) is 27.8. The molecule has 1 amide bonds. The predicted molar refractivity (Wildman–Crippen MR) is 285 cm³/mol. The Morgan fingerprint density at radius 1 is 0.391 bits per heavy atom. The Labute approximate surface area is 399 Å². The average molecular weight is 891 g/mol. The number of carbonyl (C=O) groups excluding carboxylic acids is 1. The van der Waals surface area contributed by atoms with Crippen molar-refractivity contribution in [2.75, 3.05) is 6.61 Å². The molecule has 0 aliphatic rings. The molecular weight excluding hydrogens is 783 g/mol. The van der Waals surface area contributed by atoms with Crippen LogP contribution < -0.4 is 5.32 Å². The van der Waals surface area contributed by atoms with Crippen molar-refractivity contribution in [3.8, 4) is 0 Å². The van der Waals surface area contributed by atoms with Crippen LogP contribution in [0, 0.1) is 0 Å². The summed E-state index contributed by atoms with van der Waals surface area (Å²) >= 11 is 0. The number of unbranched alkanes of at least 4 members (excludes halogenated alkanes) is 31. The van der Waals surface area contributed by atoms with Gasteiger partial charge in [-0.2, -0.15) is 0 Å². The van der Waals surface area contributed by atoms with Crippen LogP contribution in [-0.2, 0) is 4.79 Å². The standard InChI is InChI=1S/C60H107NO3/c1-3-5-7-9-11-13-15-17-19-21-23-24-25-26-27-28-29-30-31-32-33-34-35-36-38-40-42-44-46-48-50-52-54-56-60(64)61-58(57-62)59(63)55-53-51-49-47-45-43-41-39-37-22-20-18-16-14-12-10-8-6-4-2/h5,7,11,13,17,19,23-24,26-27,45,47,53,55,58-59,62-63H,3-4,6,8-10,12,14-16,18,20-22,25,28-44,46,48-52,54,56-57H2,1-2H3,(H,61,64)/b7-5-,13-11-,19-17-,24-23-,27-26-,47-45+,55-53+. The quantitative estimate of drug-likeness (QED) is 0.0421. The summed E-state index contributed by atoms with van der Waals surface area (Å²) in [5.74, 6) is -0.0735. The number of amides is 1. The molecule has 0 fully saturated rings. The summed E-state index contributed by atoms with van der Waals surface area (Å²) < 4.78 is 0. The fourth-order valence-corrected chi connectivity index (χ4v) is 8.16. The zero-order valence-corrected chi connectivity index (χ0v) is 42.5. The molecule has 0 aliphatic heterocycles. The highest BCUT2D eigenvalue weighted by Crippen LogP contribution is 2.16. The van der Waals surface area contributed by atoms with Crippen LogP contribution in [0.15, 0.2) is 85.1 Å². The molecule has 0 rings (SSSR count). The fourth-order valence-electron chi connectivity index (χ4n) is 8.16. The van der Waals surface area contributed by atoms with Gasteiger partial charge >= 0.3 is 0 Å². The lowest BCUT2D eigenvalue weighted by molar-refractivity contribution is -0.123. The topological polar surface area (TPSA) is 69.6 Å².